The summed E-state index contributed by atoms with van der Waals surface area (Å²) in [4.78, 5) is 24.0. The van der Waals surface area contributed by atoms with E-state index in [0.717, 1.165) is 17.7 Å². The summed E-state index contributed by atoms with van der Waals surface area (Å²) in [5, 5.41) is 5.92. The molecular formula is C19H23Cl2N3O3. The van der Waals surface area contributed by atoms with Gasteiger partial charge >= 0.3 is 0 Å². The van der Waals surface area contributed by atoms with Crippen molar-refractivity contribution in [2.24, 2.45) is 0 Å². The zero-order valence-corrected chi connectivity index (χ0v) is 16.7. The van der Waals surface area contributed by atoms with Gasteiger partial charge in [-0.15, -0.1) is 12.4 Å². The lowest BCUT2D eigenvalue weighted by molar-refractivity contribution is -0.116. The quantitative estimate of drug-likeness (QED) is 0.599. The van der Waals surface area contributed by atoms with E-state index in [0.29, 0.717) is 35.0 Å². The number of anilines is 2. The van der Waals surface area contributed by atoms with Crippen molar-refractivity contribution in [3.8, 4) is 5.75 Å². The first kappa shape index (κ1) is 22.6. The molecule has 2 rings (SSSR count). The maximum absolute atomic E-state index is 12.4. The highest BCUT2D eigenvalue weighted by molar-refractivity contribution is 6.33. The molecule has 8 heteroatoms. The molecule has 2 aromatic carbocycles. The van der Waals surface area contributed by atoms with Gasteiger partial charge in [0.05, 0.1) is 23.4 Å². The summed E-state index contributed by atoms with van der Waals surface area (Å²) in [7, 11) is 1.46. The number of nitrogens with two attached hydrogens (primary N) is 1. The molecule has 0 unspecified atom stereocenters. The molecule has 2 aromatic rings. The zero-order valence-electron chi connectivity index (χ0n) is 15.2. The summed E-state index contributed by atoms with van der Waals surface area (Å²) in [5.74, 6) is 0.0309. The molecule has 0 aliphatic carbocycles. The average Bonchev–Trinajstić information content (AvgIpc) is 2.63. The minimum atomic E-state index is -0.316. The van der Waals surface area contributed by atoms with Gasteiger partial charge in [-0.2, -0.15) is 0 Å². The average molecular weight is 412 g/mol. The lowest BCUT2D eigenvalue weighted by Crippen LogP contribution is -2.23. The molecule has 0 spiro atoms. The molecule has 0 fully saturated rings. The Hall–Kier alpha value is -2.44. The molecule has 146 valence electrons. The van der Waals surface area contributed by atoms with Gasteiger partial charge in [0.1, 0.15) is 5.75 Å². The van der Waals surface area contributed by atoms with Gasteiger partial charge in [0.2, 0.25) is 5.91 Å². The van der Waals surface area contributed by atoms with Gasteiger partial charge in [0.25, 0.3) is 5.91 Å². The van der Waals surface area contributed by atoms with Crippen molar-refractivity contribution in [2.45, 2.75) is 26.3 Å². The summed E-state index contributed by atoms with van der Waals surface area (Å²) in [6.45, 7) is 2.28. The Morgan fingerprint density at radius 3 is 2.44 bits per heavy atom. The number of carbonyl (C=O) groups excluding carboxylic acids is 2. The number of carbonyl (C=O) groups is 2. The number of amides is 2. The number of rotatable bonds is 7. The van der Waals surface area contributed by atoms with Crippen LogP contribution in [0.2, 0.25) is 5.02 Å². The first-order valence-corrected chi connectivity index (χ1v) is 8.62. The topological polar surface area (TPSA) is 93.5 Å². The Kier molecular flexibility index (Phi) is 8.91. The highest BCUT2D eigenvalue weighted by atomic mass is 35.5. The molecule has 0 aliphatic heterocycles. The third-order valence-corrected chi connectivity index (χ3v) is 4.06. The standard InChI is InChI=1S/C19H22ClN3O3.ClH/c1-3-4-18(24)23-13-7-5-12(6-8-13)11-22-19(25)14-9-15(20)16(21)10-17(14)26-2;/h5-10H,3-4,11,21H2,1-2H3,(H,22,25)(H,23,24);1H. The van der Waals surface area contributed by atoms with Crippen LogP contribution in [0.5, 0.6) is 5.75 Å². The number of halogens is 2. The van der Waals surface area contributed by atoms with E-state index in [1.54, 1.807) is 12.1 Å². The van der Waals surface area contributed by atoms with Gasteiger partial charge < -0.3 is 21.1 Å². The van der Waals surface area contributed by atoms with E-state index in [-0.39, 0.29) is 24.2 Å². The highest BCUT2D eigenvalue weighted by Crippen LogP contribution is 2.28. The fraction of sp³-hybridized carbons (Fsp3) is 0.263. The summed E-state index contributed by atoms with van der Waals surface area (Å²) in [6, 6.07) is 10.3. The Morgan fingerprint density at radius 1 is 1.19 bits per heavy atom. The third-order valence-electron chi connectivity index (χ3n) is 3.73. The van der Waals surface area contributed by atoms with Crippen LogP contribution >= 0.6 is 24.0 Å². The number of benzene rings is 2. The van der Waals surface area contributed by atoms with Gasteiger partial charge in [-0.25, -0.2) is 0 Å². The van der Waals surface area contributed by atoms with Crippen LogP contribution in [0.3, 0.4) is 0 Å². The minimum absolute atomic E-state index is 0. The Balaban J connectivity index is 0.00000364. The van der Waals surface area contributed by atoms with Gasteiger partial charge in [-0.1, -0.05) is 30.7 Å². The highest BCUT2D eigenvalue weighted by Gasteiger charge is 2.14. The van der Waals surface area contributed by atoms with Crippen LogP contribution < -0.4 is 21.1 Å². The van der Waals surface area contributed by atoms with Crippen molar-refractivity contribution in [1.82, 2.24) is 5.32 Å². The number of hydrogen-bond acceptors (Lipinski definition) is 4. The van der Waals surface area contributed by atoms with Crippen LogP contribution in [0.25, 0.3) is 0 Å². The SMILES string of the molecule is CCCC(=O)Nc1ccc(CNC(=O)c2cc(Cl)c(N)cc2OC)cc1.Cl. The Labute approximate surface area is 169 Å². The fourth-order valence-electron chi connectivity index (χ4n) is 2.35. The number of nitrogen functional groups attached to an aromatic ring is 1. The smallest absolute Gasteiger partial charge is 0.255 e. The normalized spacial score (nSPS) is 9.89. The van der Waals surface area contributed by atoms with E-state index in [4.69, 9.17) is 22.1 Å². The maximum atomic E-state index is 12.4. The number of hydrogen-bond donors (Lipinski definition) is 3. The van der Waals surface area contributed by atoms with Gasteiger partial charge in [-0.05, 0) is 30.2 Å². The van der Waals surface area contributed by atoms with Crippen molar-refractivity contribution >= 4 is 47.2 Å². The molecule has 27 heavy (non-hydrogen) atoms. The van der Waals surface area contributed by atoms with Crippen molar-refractivity contribution < 1.29 is 14.3 Å². The minimum Gasteiger partial charge on any atom is -0.496 e. The second-order valence-corrected chi connectivity index (χ2v) is 6.16. The van der Waals surface area contributed by atoms with E-state index in [9.17, 15) is 9.59 Å². The first-order chi connectivity index (χ1) is 12.4. The lowest BCUT2D eigenvalue weighted by atomic mass is 10.1. The largest absolute Gasteiger partial charge is 0.496 e. The number of ether oxygens (including phenoxy) is 1. The van der Waals surface area contributed by atoms with Crippen molar-refractivity contribution in [3.05, 3.63) is 52.5 Å². The summed E-state index contributed by atoms with van der Waals surface area (Å²) in [6.07, 6.45) is 1.29. The predicted molar refractivity (Wildman–Crippen MR) is 111 cm³/mol. The molecule has 0 atom stereocenters. The van der Waals surface area contributed by atoms with Gasteiger partial charge in [0, 0.05) is 24.7 Å². The predicted octanol–water partition coefficient (Wildman–Crippen LogP) is 4.02. The van der Waals surface area contributed by atoms with E-state index < -0.39 is 0 Å². The van der Waals surface area contributed by atoms with Crippen LogP contribution in [0.4, 0.5) is 11.4 Å². The van der Waals surface area contributed by atoms with Crippen LogP contribution in [0.1, 0.15) is 35.7 Å². The molecule has 0 radical (unpaired) electrons. The van der Waals surface area contributed by atoms with Gasteiger partial charge in [0.15, 0.2) is 0 Å². The molecule has 0 saturated heterocycles. The van der Waals surface area contributed by atoms with Crippen molar-refractivity contribution in [2.75, 3.05) is 18.2 Å². The second kappa shape index (κ2) is 10.6. The zero-order chi connectivity index (χ0) is 19.1. The molecule has 4 N–H and O–H groups in total. The van der Waals surface area contributed by atoms with Crippen LogP contribution in [0, 0.1) is 0 Å². The third kappa shape index (κ3) is 6.34. The van der Waals surface area contributed by atoms with E-state index in [1.807, 2.05) is 19.1 Å². The van der Waals surface area contributed by atoms with Crippen molar-refractivity contribution in [3.63, 3.8) is 0 Å². The molecule has 0 aromatic heterocycles. The van der Waals surface area contributed by atoms with E-state index >= 15 is 0 Å². The second-order valence-electron chi connectivity index (χ2n) is 5.75. The molecule has 2 amide bonds. The van der Waals surface area contributed by atoms with Crippen LogP contribution in [-0.4, -0.2) is 18.9 Å². The Morgan fingerprint density at radius 2 is 1.85 bits per heavy atom. The first-order valence-electron chi connectivity index (χ1n) is 8.24. The number of methoxy groups -OCH3 is 1. The van der Waals surface area contributed by atoms with E-state index in [1.165, 1.54) is 19.2 Å². The Bertz CT molecular complexity index is 796. The maximum Gasteiger partial charge on any atom is 0.255 e. The summed E-state index contributed by atoms with van der Waals surface area (Å²) in [5.41, 5.74) is 8.01. The summed E-state index contributed by atoms with van der Waals surface area (Å²) >= 11 is 5.99. The molecule has 0 aliphatic rings. The molecular weight excluding hydrogens is 389 g/mol. The van der Waals surface area contributed by atoms with Gasteiger partial charge in [-0.3, -0.25) is 9.59 Å². The van der Waals surface area contributed by atoms with Crippen LogP contribution in [0.15, 0.2) is 36.4 Å². The molecule has 0 heterocycles. The van der Waals surface area contributed by atoms with Crippen molar-refractivity contribution in [1.29, 1.82) is 0 Å². The lowest BCUT2D eigenvalue weighted by Gasteiger charge is -2.11. The van der Waals surface area contributed by atoms with Crippen LogP contribution in [-0.2, 0) is 11.3 Å². The monoisotopic (exact) mass is 411 g/mol. The van der Waals surface area contributed by atoms with E-state index in [2.05, 4.69) is 10.6 Å². The number of nitrogens with one attached hydrogen (secondary N) is 2. The molecule has 0 bridgehead atoms. The molecule has 6 nitrogen and oxygen atoms in total. The molecule has 0 saturated carbocycles. The fourth-order valence-corrected chi connectivity index (χ4v) is 2.51. The summed E-state index contributed by atoms with van der Waals surface area (Å²) < 4.78 is 5.19.